The molecule has 22 heavy (non-hydrogen) atoms. The SMILES string of the molecule is CN(Cc1ccc(F)cc1)c1sc(S(C)(=O)=O)cc1[N+](=O)[O-]. The Bertz CT molecular complexity index is 800. The van der Waals surface area contributed by atoms with Gasteiger partial charge in [0.05, 0.1) is 4.92 Å². The van der Waals surface area contributed by atoms with Gasteiger partial charge in [-0.15, -0.1) is 0 Å². The average molecular weight is 344 g/mol. The second kappa shape index (κ2) is 6.01. The summed E-state index contributed by atoms with van der Waals surface area (Å²) in [7, 11) is -1.89. The lowest BCUT2D eigenvalue weighted by molar-refractivity contribution is -0.383. The number of halogens is 1. The molecule has 0 saturated heterocycles. The molecule has 118 valence electrons. The van der Waals surface area contributed by atoms with Gasteiger partial charge < -0.3 is 4.90 Å². The van der Waals surface area contributed by atoms with Crippen molar-refractivity contribution in [3.63, 3.8) is 0 Å². The maximum absolute atomic E-state index is 12.9. The standard InChI is InChI=1S/C13H13FN2O4S2/c1-15(8-9-3-5-10(14)6-4-9)13-11(16(17)18)7-12(21-13)22(2,19)20/h3-7H,8H2,1-2H3. The molecule has 0 amide bonds. The first kappa shape index (κ1) is 16.4. The number of nitrogens with zero attached hydrogens (tertiary/aromatic N) is 2. The van der Waals surface area contributed by atoms with E-state index in [9.17, 15) is 22.9 Å². The number of benzene rings is 1. The summed E-state index contributed by atoms with van der Waals surface area (Å²) in [4.78, 5) is 12.1. The van der Waals surface area contributed by atoms with E-state index < -0.39 is 14.8 Å². The summed E-state index contributed by atoms with van der Waals surface area (Å²) in [6.07, 6.45) is 1.01. The minimum absolute atomic E-state index is 0.0554. The van der Waals surface area contributed by atoms with E-state index in [2.05, 4.69) is 0 Å². The van der Waals surface area contributed by atoms with E-state index in [1.807, 2.05) is 0 Å². The van der Waals surface area contributed by atoms with Gasteiger partial charge in [-0.2, -0.15) is 0 Å². The molecule has 0 atom stereocenters. The molecule has 1 heterocycles. The predicted octanol–water partition coefficient (Wildman–Crippen LogP) is 2.84. The maximum Gasteiger partial charge on any atom is 0.305 e. The van der Waals surface area contributed by atoms with Gasteiger partial charge in [0.2, 0.25) is 0 Å². The van der Waals surface area contributed by atoms with Crippen LogP contribution in [0.1, 0.15) is 5.56 Å². The van der Waals surface area contributed by atoms with Crippen LogP contribution in [-0.4, -0.2) is 26.6 Å². The summed E-state index contributed by atoms with van der Waals surface area (Å²) in [6.45, 7) is 0.296. The summed E-state index contributed by atoms with van der Waals surface area (Å²) in [6, 6.07) is 6.81. The van der Waals surface area contributed by atoms with E-state index >= 15 is 0 Å². The van der Waals surface area contributed by atoms with Gasteiger partial charge in [-0.25, -0.2) is 12.8 Å². The average Bonchev–Trinajstić information content (AvgIpc) is 2.86. The molecule has 1 aromatic carbocycles. The van der Waals surface area contributed by atoms with Crippen LogP contribution < -0.4 is 4.90 Å². The van der Waals surface area contributed by atoms with Gasteiger partial charge in [-0.05, 0) is 17.7 Å². The van der Waals surface area contributed by atoms with Gasteiger partial charge in [0.25, 0.3) is 0 Å². The van der Waals surface area contributed by atoms with E-state index in [-0.39, 0.29) is 20.7 Å². The molecule has 9 heteroatoms. The third-order valence-corrected chi connectivity index (χ3v) is 5.95. The highest BCUT2D eigenvalue weighted by Gasteiger charge is 2.26. The van der Waals surface area contributed by atoms with Crippen molar-refractivity contribution in [3.8, 4) is 0 Å². The highest BCUT2D eigenvalue weighted by molar-refractivity contribution is 7.92. The Morgan fingerprint density at radius 3 is 2.41 bits per heavy atom. The Morgan fingerprint density at radius 1 is 1.32 bits per heavy atom. The molecule has 0 unspecified atom stereocenters. The Morgan fingerprint density at radius 2 is 1.91 bits per heavy atom. The van der Waals surface area contributed by atoms with Crippen LogP contribution in [0.4, 0.5) is 15.1 Å². The van der Waals surface area contributed by atoms with Crippen molar-refractivity contribution in [3.05, 3.63) is 51.8 Å². The van der Waals surface area contributed by atoms with Crippen molar-refractivity contribution in [2.24, 2.45) is 0 Å². The first-order valence-electron chi connectivity index (χ1n) is 6.12. The molecule has 0 bridgehead atoms. The van der Waals surface area contributed by atoms with Crippen LogP contribution in [0.5, 0.6) is 0 Å². The number of hydrogen-bond acceptors (Lipinski definition) is 6. The minimum Gasteiger partial charge on any atom is -0.357 e. The number of rotatable bonds is 5. The molecule has 2 rings (SSSR count). The molecule has 6 nitrogen and oxygen atoms in total. The van der Waals surface area contributed by atoms with Gasteiger partial charge >= 0.3 is 5.69 Å². The molecule has 0 aliphatic carbocycles. The van der Waals surface area contributed by atoms with E-state index in [1.165, 1.54) is 12.1 Å². The molecular weight excluding hydrogens is 331 g/mol. The molecule has 1 aromatic heterocycles. The van der Waals surface area contributed by atoms with Crippen LogP contribution in [0.15, 0.2) is 34.5 Å². The number of anilines is 1. The molecule has 0 N–H and O–H groups in total. The Hall–Kier alpha value is -2.00. The number of thiophene rings is 1. The van der Waals surface area contributed by atoms with E-state index in [4.69, 9.17) is 0 Å². The first-order chi connectivity index (χ1) is 10.2. The fourth-order valence-electron chi connectivity index (χ4n) is 1.87. The van der Waals surface area contributed by atoms with Crippen molar-refractivity contribution >= 4 is 31.9 Å². The molecule has 0 spiro atoms. The van der Waals surface area contributed by atoms with Crippen molar-refractivity contribution in [1.82, 2.24) is 0 Å². The topological polar surface area (TPSA) is 80.5 Å². The molecule has 2 aromatic rings. The summed E-state index contributed by atoms with van der Waals surface area (Å²) >= 11 is 0.847. The maximum atomic E-state index is 12.9. The number of sulfone groups is 1. The predicted molar refractivity (Wildman–Crippen MR) is 82.6 cm³/mol. The van der Waals surface area contributed by atoms with Crippen molar-refractivity contribution < 1.29 is 17.7 Å². The summed E-state index contributed by atoms with van der Waals surface area (Å²) in [5, 5.41) is 11.3. The fraction of sp³-hybridized carbons (Fsp3) is 0.231. The Kier molecular flexibility index (Phi) is 4.47. The van der Waals surface area contributed by atoms with Crippen LogP contribution >= 0.6 is 11.3 Å². The van der Waals surface area contributed by atoms with Crippen molar-refractivity contribution in [1.29, 1.82) is 0 Å². The van der Waals surface area contributed by atoms with Gasteiger partial charge in [0, 0.05) is 25.9 Å². The van der Waals surface area contributed by atoms with Crippen LogP contribution in [0.25, 0.3) is 0 Å². The Labute approximate surface area is 130 Å². The largest absolute Gasteiger partial charge is 0.357 e. The molecule has 0 fully saturated rings. The number of nitro groups is 1. The van der Waals surface area contributed by atoms with Gasteiger partial charge in [0.15, 0.2) is 14.8 Å². The van der Waals surface area contributed by atoms with Gasteiger partial charge in [-0.1, -0.05) is 23.5 Å². The zero-order valence-electron chi connectivity index (χ0n) is 11.8. The van der Waals surface area contributed by atoms with E-state index in [0.717, 1.165) is 29.2 Å². The second-order valence-electron chi connectivity index (χ2n) is 4.77. The lowest BCUT2D eigenvalue weighted by atomic mass is 10.2. The number of hydrogen-bond donors (Lipinski definition) is 0. The zero-order chi connectivity index (χ0) is 16.5. The third-order valence-electron chi connectivity index (χ3n) is 2.91. The second-order valence-corrected chi connectivity index (χ2v) is 8.04. The quantitative estimate of drug-likeness (QED) is 0.615. The third kappa shape index (κ3) is 3.60. The van der Waals surface area contributed by atoms with E-state index in [0.29, 0.717) is 6.54 Å². The molecular formula is C13H13FN2O4S2. The summed E-state index contributed by atoms with van der Waals surface area (Å²) in [5.41, 5.74) is 0.502. The molecule has 0 saturated carbocycles. The summed E-state index contributed by atoms with van der Waals surface area (Å²) < 4.78 is 36.0. The van der Waals surface area contributed by atoms with Gasteiger partial charge in [-0.3, -0.25) is 10.1 Å². The molecule has 0 aliphatic heterocycles. The van der Waals surface area contributed by atoms with Crippen molar-refractivity contribution in [2.45, 2.75) is 10.8 Å². The van der Waals surface area contributed by atoms with Crippen LogP contribution in [0.3, 0.4) is 0 Å². The normalized spacial score (nSPS) is 11.4. The zero-order valence-corrected chi connectivity index (χ0v) is 13.4. The smallest absolute Gasteiger partial charge is 0.305 e. The highest BCUT2D eigenvalue weighted by atomic mass is 32.2. The fourth-order valence-corrected chi connectivity index (χ4v) is 3.86. The van der Waals surface area contributed by atoms with Crippen LogP contribution in [0.2, 0.25) is 0 Å². The lowest BCUT2D eigenvalue weighted by Crippen LogP contribution is -2.16. The summed E-state index contributed by atoms with van der Waals surface area (Å²) in [5.74, 6) is -0.368. The molecule has 0 aliphatic rings. The van der Waals surface area contributed by atoms with Crippen LogP contribution in [0, 0.1) is 15.9 Å². The van der Waals surface area contributed by atoms with Crippen LogP contribution in [-0.2, 0) is 16.4 Å². The lowest BCUT2D eigenvalue weighted by Gasteiger charge is -2.16. The van der Waals surface area contributed by atoms with E-state index in [1.54, 1.807) is 24.1 Å². The monoisotopic (exact) mass is 344 g/mol. The molecule has 0 radical (unpaired) electrons. The Balaban J connectivity index is 2.35. The van der Waals surface area contributed by atoms with Gasteiger partial charge in [0.1, 0.15) is 10.0 Å². The minimum atomic E-state index is -3.51. The highest BCUT2D eigenvalue weighted by Crippen LogP contribution is 2.39. The first-order valence-corrected chi connectivity index (χ1v) is 8.83. The van der Waals surface area contributed by atoms with Crippen molar-refractivity contribution in [2.75, 3.05) is 18.2 Å².